The molecule has 4 heterocycles. The van der Waals surface area contributed by atoms with Crippen molar-refractivity contribution in [2.24, 2.45) is 5.73 Å². The fraction of sp³-hybridized carbons (Fsp3) is 0.160. The number of nitrogens with zero attached hydrogens (tertiary/aromatic N) is 4. The van der Waals surface area contributed by atoms with Gasteiger partial charge in [-0.3, -0.25) is 4.79 Å². The number of fused-ring (bicyclic) bond motifs is 2. The molecule has 1 aliphatic carbocycles. The van der Waals surface area contributed by atoms with Crippen molar-refractivity contribution in [3.05, 3.63) is 76.8 Å². The summed E-state index contributed by atoms with van der Waals surface area (Å²) < 4.78 is 17.5. The fourth-order valence-corrected chi connectivity index (χ4v) is 4.21. The molecular weight excluding hydrogens is 449 g/mol. The number of anilines is 2. The number of allylic oxidation sites excluding steroid dienone is 4. The lowest BCUT2D eigenvalue weighted by Crippen LogP contribution is -2.16. The van der Waals surface area contributed by atoms with Crippen LogP contribution >= 0.6 is 0 Å². The number of carbonyl (C=O) groups excluding carboxylic acids is 2. The number of carbonyl (C=O) groups is 2. The predicted molar refractivity (Wildman–Crippen MR) is 131 cm³/mol. The minimum absolute atomic E-state index is 0.0105. The number of pyridine rings is 1. The van der Waals surface area contributed by atoms with Gasteiger partial charge in [0.25, 0.3) is 5.91 Å². The molecule has 0 saturated heterocycles. The van der Waals surface area contributed by atoms with Gasteiger partial charge in [0.2, 0.25) is 0 Å². The van der Waals surface area contributed by atoms with Gasteiger partial charge >= 0.3 is 5.91 Å². The van der Waals surface area contributed by atoms with Crippen molar-refractivity contribution in [1.82, 2.24) is 14.6 Å². The molecule has 0 atom stereocenters. The van der Waals surface area contributed by atoms with Crippen LogP contribution in [-0.2, 0) is 4.79 Å². The SMILES string of the molecule is CCC(=O)[N+]1=CC2=CC(Nc3c(C(N)=O)cnn4cc(-c5cnc(NC)c(F)c5)cc34)=C(C)C2=C1. The quantitative estimate of drug-likeness (QED) is 0.474. The van der Waals surface area contributed by atoms with Gasteiger partial charge in [-0.1, -0.05) is 6.92 Å². The third-order valence-corrected chi connectivity index (χ3v) is 6.13. The Kier molecular flexibility index (Phi) is 5.28. The van der Waals surface area contributed by atoms with E-state index in [2.05, 4.69) is 20.7 Å². The third kappa shape index (κ3) is 3.68. The molecular formula is C25H23FN7O2+. The first-order valence-electron chi connectivity index (χ1n) is 11.0. The van der Waals surface area contributed by atoms with Gasteiger partial charge in [0.1, 0.15) is 0 Å². The molecule has 5 rings (SSSR count). The predicted octanol–water partition coefficient (Wildman–Crippen LogP) is 3.22. The summed E-state index contributed by atoms with van der Waals surface area (Å²) in [6, 6.07) is 3.18. The average molecular weight is 473 g/mol. The van der Waals surface area contributed by atoms with Crippen molar-refractivity contribution < 1.29 is 18.6 Å². The molecule has 3 aromatic heterocycles. The van der Waals surface area contributed by atoms with Crippen LogP contribution in [0.4, 0.5) is 15.9 Å². The molecule has 176 valence electrons. The van der Waals surface area contributed by atoms with Crippen LogP contribution in [-0.4, -0.2) is 44.3 Å². The normalized spacial score (nSPS) is 14.6. The molecule has 2 amide bonds. The van der Waals surface area contributed by atoms with Crippen molar-refractivity contribution in [3.63, 3.8) is 0 Å². The summed E-state index contributed by atoms with van der Waals surface area (Å²) in [5, 5.41) is 10.4. The number of amides is 2. The highest BCUT2D eigenvalue weighted by molar-refractivity contribution is 6.03. The van der Waals surface area contributed by atoms with Crippen LogP contribution in [0.2, 0.25) is 0 Å². The molecule has 0 radical (unpaired) electrons. The Hall–Kier alpha value is -4.60. The monoisotopic (exact) mass is 472 g/mol. The van der Waals surface area contributed by atoms with Crippen LogP contribution in [0, 0.1) is 5.82 Å². The second-order valence-electron chi connectivity index (χ2n) is 8.25. The number of nitrogens with two attached hydrogens (primary N) is 1. The Bertz CT molecular complexity index is 1560. The zero-order valence-corrected chi connectivity index (χ0v) is 19.4. The molecule has 0 spiro atoms. The number of nitrogens with one attached hydrogen (secondary N) is 2. The second-order valence-corrected chi connectivity index (χ2v) is 8.25. The van der Waals surface area contributed by atoms with Crippen molar-refractivity contribution in [3.8, 4) is 11.1 Å². The summed E-state index contributed by atoms with van der Waals surface area (Å²) in [6.45, 7) is 3.76. The van der Waals surface area contributed by atoms with E-state index in [4.69, 9.17) is 5.73 Å². The Morgan fingerprint density at radius 3 is 2.69 bits per heavy atom. The summed E-state index contributed by atoms with van der Waals surface area (Å²) in [7, 11) is 1.60. The van der Waals surface area contributed by atoms with Crippen LogP contribution in [0.25, 0.3) is 16.6 Å². The van der Waals surface area contributed by atoms with E-state index in [0.29, 0.717) is 28.8 Å². The van der Waals surface area contributed by atoms with Gasteiger partial charge in [0.05, 0.1) is 40.5 Å². The highest BCUT2D eigenvalue weighted by Gasteiger charge is 2.31. The standard InChI is InChI=1S/C25H22FN7O2/c1-4-22(34)32-10-16-6-20(13(2)18(16)12-32)31-23-17(24(27)35)9-30-33-11-15(7-21(23)33)14-5-19(26)25(28-3)29-8-14/h5-12H,4H2,1-3H3,(H3-,27,28,29,30,31,35)/p+1. The maximum atomic E-state index is 14.3. The van der Waals surface area contributed by atoms with Crippen LogP contribution in [0.5, 0.6) is 0 Å². The van der Waals surface area contributed by atoms with Gasteiger partial charge in [-0.15, -0.1) is 4.58 Å². The van der Waals surface area contributed by atoms with E-state index in [9.17, 15) is 14.0 Å². The molecule has 3 aromatic rings. The minimum Gasteiger partial charge on any atom is -0.371 e. The Morgan fingerprint density at radius 1 is 1.23 bits per heavy atom. The molecule has 1 aliphatic heterocycles. The maximum Gasteiger partial charge on any atom is 0.391 e. The molecule has 35 heavy (non-hydrogen) atoms. The Labute approximate surface area is 200 Å². The van der Waals surface area contributed by atoms with E-state index >= 15 is 0 Å². The van der Waals surface area contributed by atoms with E-state index < -0.39 is 11.7 Å². The summed E-state index contributed by atoms with van der Waals surface area (Å²) in [6.07, 6.45) is 10.6. The minimum atomic E-state index is -0.633. The molecule has 0 fully saturated rings. The zero-order valence-electron chi connectivity index (χ0n) is 19.4. The van der Waals surface area contributed by atoms with E-state index in [-0.39, 0.29) is 17.3 Å². The number of rotatable bonds is 6. The Morgan fingerprint density at radius 2 is 2.03 bits per heavy atom. The number of aromatic nitrogens is 3. The van der Waals surface area contributed by atoms with Gasteiger partial charge in [-0.2, -0.15) is 5.10 Å². The first-order chi connectivity index (χ1) is 16.8. The highest BCUT2D eigenvalue weighted by Crippen LogP contribution is 2.36. The average Bonchev–Trinajstić information content (AvgIpc) is 3.53. The molecule has 0 aromatic carbocycles. The lowest BCUT2D eigenvalue weighted by molar-refractivity contribution is -0.374. The number of halogens is 1. The summed E-state index contributed by atoms with van der Waals surface area (Å²) in [5.41, 5.74) is 11.7. The maximum absolute atomic E-state index is 14.3. The van der Waals surface area contributed by atoms with E-state index in [1.54, 1.807) is 40.8 Å². The molecule has 0 bridgehead atoms. The molecule has 2 aliphatic rings. The number of hydrogen-bond acceptors (Lipinski definition) is 6. The van der Waals surface area contributed by atoms with Crippen molar-refractivity contribution in [2.45, 2.75) is 20.3 Å². The zero-order chi connectivity index (χ0) is 24.9. The van der Waals surface area contributed by atoms with E-state index in [1.165, 1.54) is 12.3 Å². The molecule has 0 unspecified atom stereocenters. The largest absolute Gasteiger partial charge is 0.391 e. The van der Waals surface area contributed by atoms with Crippen LogP contribution in [0.1, 0.15) is 30.6 Å². The van der Waals surface area contributed by atoms with Gasteiger partial charge in [-0.05, 0) is 30.7 Å². The van der Waals surface area contributed by atoms with Gasteiger partial charge in [-0.25, -0.2) is 18.7 Å². The molecule has 9 nitrogen and oxygen atoms in total. The summed E-state index contributed by atoms with van der Waals surface area (Å²) >= 11 is 0. The van der Waals surface area contributed by atoms with Gasteiger partial charge in [0, 0.05) is 36.3 Å². The number of hydrogen-bond donors (Lipinski definition) is 3. The fourth-order valence-electron chi connectivity index (χ4n) is 4.21. The van der Waals surface area contributed by atoms with Crippen molar-refractivity contribution in [2.75, 3.05) is 17.7 Å². The van der Waals surface area contributed by atoms with Crippen molar-refractivity contribution >= 4 is 35.1 Å². The second kappa shape index (κ2) is 8.32. The first-order valence-corrected chi connectivity index (χ1v) is 11.0. The van der Waals surface area contributed by atoms with Crippen molar-refractivity contribution in [1.29, 1.82) is 0 Å². The first kappa shape index (κ1) is 22.2. The van der Waals surface area contributed by atoms with E-state index in [0.717, 1.165) is 22.4 Å². The summed E-state index contributed by atoms with van der Waals surface area (Å²) in [4.78, 5) is 28.4. The smallest absolute Gasteiger partial charge is 0.371 e. The molecule has 4 N–H and O–H groups in total. The summed E-state index contributed by atoms with van der Waals surface area (Å²) in [5.74, 6) is -0.946. The van der Waals surface area contributed by atoms with Gasteiger partial charge in [0.15, 0.2) is 24.0 Å². The molecule has 0 saturated carbocycles. The van der Waals surface area contributed by atoms with Crippen LogP contribution in [0.15, 0.2) is 65.4 Å². The van der Waals surface area contributed by atoms with Gasteiger partial charge < -0.3 is 16.4 Å². The van der Waals surface area contributed by atoms with E-state index in [1.807, 2.05) is 26.1 Å². The lowest BCUT2D eigenvalue weighted by Gasteiger charge is -2.12. The lowest BCUT2D eigenvalue weighted by atomic mass is 10.1. The topological polar surface area (TPSA) is 117 Å². The Balaban J connectivity index is 1.57. The molecule has 10 heteroatoms. The highest BCUT2D eigenvalue weighted by atomic mass is 19.1. The number of primary amides is 1. The van der Waals surface area contributed by atoms with Crippen LogP contribution in [0.3, 0.4) is 0 Å². The third-order valence-electron chi connectivity index (χ3n) is 6.13. The van der Waals surface area contributed by atoms with Crippen LogP contribution < -0.4 is 16.4 Å².